The molecule has 21 heavy (non-hydrogen) atoms. The molecule has 0 amide bonds. The molecule has 0 N–H and O–H groups in total. The van der Waals surface area contributed by atoms with Crippen molar-refractivity contribution in [1.29, 1.82) is 0 Å². The first-order chi connectivity index (χ1) is 9.88. The molecule has 0 aliphatic carbocycles. The fraction of sp³-hybridized carbons (Fsp3) is 0.933. The molecule has 1 atom stereocenters. The van der Waals surface area contributed by atoms with Crippen molar-refractivity contribution < 1.29 is 28.5 Å². The van der Waals surface area contributed by atoms with Crippen molar-refractivity contribution in [2.24, 2.45) is 5.41 Å². The van der Waals surface area contributed by atoms with Gasteiger partial charge in [-0.2, -0.15) is 0 Å². The second-order valence-electron chi connectivity index (χ2n) is 5.77. The summed E-state index contributed by atoms with van der Waals surface area (Å²) in [5.41, 5.74) is -0.0679. The van der Waals surface area contributed by atoms with Gasteiger partial charge in [0.15, 0.2) is 0 Å². The van der Waals surface area contributed by atoms with Crippen LogP contribution in [0.3, 0.4) is 0 Å². The molecular formula is C15H30O6. The highest BCUT2D eigenvalue weighted by molar-refractivity contribution is 5.70. The van der Waals surface area contributed by atoms with Crippen LogP contribution >= 0.6 is 0 Å². The van der Waals surface area contributed by atoms with Crippen LogP contribution in [0.15, 0.2) is 0 Å². The number of hydrogen-bond donors (Lipinski definition) is 0. The van der Waals surface area contributed by atoms with Gasteiger partial charge < -0.3 is 23.7 Å². The summed E-state index contributed by atoms with van der Waals surface area (Å²) in [6.45, 7) is 10.8. The third-order valence-corrected chi connectivity index (χ3v) is 2.92. The van der Waals surface area contributed by atoms with Crippen molar-refractivity contribution >= 4 is 5.97 Å². The quantitative estimate of drug-likeness (QED) is 0.404. The zero-order valence-corrected chi connectivity index (χ0v) is 14.0. The Hall–Kier alpha value is -0.690. The van der Waals surface area contributed by atoms with E-state index in [1.54, 1.807) is 7.11 Å². The maximum atomic E-state index is 11.5. The first-order valence-electron chi connectivity index (χ1n) is 7.29. The summed E-state index contributed by atoms with van der Waals surface area (Å²) in [7, 11) is 1.63. The van der Waals surface area contributed by atoms with E-state index in [1.165, 1.54) is 0 Å². The Morgan fingerprint density at radius 2 is 1.38 bits per heavy atom. The van der Waals surface area contributed by atoms with Crippen LogP contribution in [-0.2, 0) is 28.5 Å². The molecule has 0 aliphatic heterocycles. The van der Waals surface area contributed by atoms with E-state index in [-0.39, 0.29) is 24.1 Å². The number of esters is 1. The second-order valence-corrected chi connectivity index (χ2v) is 5.77. The van der Waals surface area contributed by atoms with Gasteiger partial charge in [-0.3, -0.25) is 0 Å². The van der Waals surface area contributed by atoms with E-state index in [2.05, 4.69) is 0 Å². The van der Waals surface area contributed by atoms with E-state index in [9.17, 15) is 4.79 Å². The van der Waals surface area contributed by atoms with E-state index < -0.39 is 0 Å². The predicted octanol–water partition coefficient (Wildman–Crippen LogP) is 1.66. The van der Waals surface area contributed by atoms with Gasteiger partial charge in [-0.1, -0.05) is 20.8 Å². The first kappa shape index (κ1) is 20.3. The van der Waals surface area contributed by atoms with Crippen molar-refractivity contribution in [3.63, 3.8) is 0 Å². The van der Waals surface area contributed by atoms with Gasteiger partial charge in [0, 0.05) is 7.11 Å². The third-order valence-electron chi connectivity index (χ3n) is 2.92. The highest BCUT2D eigenvalue weighted by atomic mass is 16.6. The Morgan fingerprint density at radius 1 is 0.905 bits per heavy atom. The van der Waals surface area contributed by atoms with Gasteiger partial charge in [0.2, 0.25) is 0 Å². The summed E-state index contributed by atoms with van der Waals surface area (Å²) in [6, 6.07) is 0. The van der Waals surface area contributed by atoms with E-state index in [4.69, 9.17) is 23.7 Å². The normalized spacial score (nSPS) is 13.2. The lowest BCUT2D eigenvalue weighted by Gasteiger charge is -2.26. The Kier molecular flexibility index (Phi) is 11.5. The van der Waals surface area contributed by atoms with Gasteiger partial charge in [-0.05, 0) is 12.3 Å². The molecule has 0 spiro atoms. The monoisotopic (exact) mass is 306 g/mol. The minimum Gasteiger partial charge on any atom is -0.460 e. The van der Waals surface area contributed by atoms with Crippen LogP contribution in [-0.4, -0.2) is 65.4 Å². The van der Waals surface area contributed by atoms with Gasteiger partial charge in [0.05, 0.1) is 39.6 Å². The molecule has 0 rings (SSSR count). The standard InChI is InChI=1S/C15H30O6/c1-13(15(2,3)4)21-14(16)12-20-11-10-19-9-8-18-7-6-17-5/h13H,6-12H2,1-5H3/t13-/m1/s1. The Labute approximate surface area is 128 Å². The minimum atomic E-state index is -0.347. The summed E-state index contributed by atoms with van der Waals surface area (Å²) < 4.78 is 25.8. The molecule has 0 bridgehead atoms. The van der Waals surface area contributed by atoms with Crippen molar-refractivity contribution in [3.8, 4) is 0 Å². The first-order valence-corrected chi connectivity index (χ1v) is 7.29. The average molecular weight is 306 g/mol. The van der Waals surface area contributed by atoms with Crippen LogP contribution < -0.4 is 0 Å². The molecule has 6 nitrogen and oxygen atoms in total. The summed E-state index contributed by atoms with van der Waals surface area (Å²) in [6.07, 6.45) is -0.144. The molecule has 0 aromatic rings. The van der Waals surface area contributed by atoms with Gasteiger partial charge in [-0.15, -0.1) is 0 Å². The average Bonchev–Trinajstić information content (AvgIpc) is 2.39. The Morgan fingerprint density at radius 3 is 1.86 bits per heavy atom. The number of rotatable bonds is 12. The highest BCUT2D eigenvalue weighted by Crippen LogP contribution is 2.21. The molecule has 0 heterocycles. The van der Waals surface area contributed by atoms with Crippen LogP contribution in [0.25, 0.3) is 0 Å². The van der Waals surface area contributed by atoms with Crippen molar-refractivity contribution in [3.05, 3.63) is 0 Å². The topological polar surface area (TPSA) is 63.2 Å². The summed E-state index contributed by atoms with van der Waals surface area (Å²) >= 11 is 0. The van der Waals surface area contributed by atoms with Gasteiger partial charge in [-0.25, -0.2) is 4.79 Å². The summed E-state index contributed by atoms with van der Waals surface area (Å²) in [5, 5.41) is 0. The lowest BCUT2D eigenvalue weighted by atomic mass is 9.90. The largest absolute Gasteiger partial charge is 0.460 e. The number of carbonyl (C=O) groups excluding carboxylic acids is 1. The van der Waals surface area contributed by atoms with Crippen molar-refractivity contribution in [1.82, 2.24) is 0 Å². The molecule has 0 saturated carbocycles. The third kappa shape index (κ3) is 12.7. The molecular weight excluding hydrogens is 276 g/mol. The number of methoxy groups -OCH3 is 1. The fourth-order valence-electron chi connectivity index (χ4n) is 1.15. The van der Waals surface area contributed by atoms with E-state index in [0.717, 1.165) is 0 Å². The van der Waals surface area contributed by atoms with Gasteiger partial charge in [0.25, 0.3) is 0 Å². The van der Waals surface area contributed by atoms with E-state index in [1.807, 2.05) is 27.7 Å². The van der Waals surface area contributed by atoms with Crippen molar-refractivity contribution in [2.45, 2.75) is 33.8 Å². The number of hydrogen-bond acceptors (Lipinski definition) is 6. The summed E-state index contributed by atoms with van der Waals surface area (Å²) in [4.78, 5) is 11.5. The highest BCUT2D eigenvalue weighted by Gasteiger charge is 2.23. The molecule has 0 radical (unpaired) electrons. The van der Waals surface area contributed by atoms with Gasteiger partial charge >= 0.3 is 5.97 Å². The summed E-state index contributed by atoms with van der Waals surface area (Å²) in [5.74, 6) is -0.347. The van der Waals surface area contributed by atoms with Crippen LogP contribution in [0, 0.1) is 5.41 Å². The molecule has 0 aliphatic rings. The predicted molar refractivity (Wildman–Crippen MR) is 79.3 cm³/mol. The molecule has 6 heteroatoms. The van der Waals surface area contributed by atoms with E-state index in [0.29, 0.717) is 39.6 Å². The van der Waals surface area contributed by atoms with E-state index >= 15 is 0 Å². The maximum Gasteiger partial charge on any atom is 0.332 e. The van der Waals surface area contributed by atoms with Crippen molar-refractivity contribution in [2.75, 3.05) is 53.4 Å². The zero-order chi connectivity index (χ0) is 16.1. The maximum absolute atomic E-state index is 11.5. The Bertz CT molecular complexity index is 261. The minimum absolute atomic E-state index is 0.0475. The lowest BCUT2D eigenvalue weighted by molar-refractivity contribution is -0.159. The fourth-order valence-corrected chi connectivity index (χ4v) is 1.15. The van der Waals surface area contributed by atoms with Crippen LogP contribution in [0.1, 0.15) is 27.7 Å². The molecule has 0 aromatic heterocycles. The Balaban J connectivity index is 3.37. The molecule has 0 fully saturated rings. The lowest BCUT2D eigenvalue weighted by Crippen LogP contribution is -2.30. The van der Waals surface area contributed by atoms with Crippen LogP contribution in [0.5, 0.6) is 0 Å². The molecule has 126 valence electrons. The SMILES string of the molecule is COCCOCCOCCOCC(=O)O[C@H](C)C(C)(C)C. The smallest absolute Gasteiger partial charge is 0.332 e. The van der Waals surface area contributed by atoms with Crippen LogP contribution in [0.2, 0.25) is 0 Å². The second kappa shape index (κ2) is 11.9. The molecule has 0 unspecified atom stereocenters. The number of ether oxygens (including phenoxy) is 5. The number of carbonyl (C=O) groups is 1. The van der Waals surface area contributed by atoms with Gasteiger partial charge in [0.1, 0.15) is 12.7 Å². The zero-order valence-electron chi connectivity index (χ0n) is 14.0. The molecule has 0 aromatic carbocycles. The molecule has 0 saturated heterocycles. The van der Waals surface area contributed by atoms with Crippen LogP contribution in [0.4, 0.5) is 0 Å².